The van der Waals surface area contributed by atoms with Gasteiger partial charge in [-0.25, -0.2) is 4.79 Å². The molecular weight excluding hydrogens is 492 g/mol. The van der Waals surface area contributed by atoms with Crippen LogP contribution in [-0.2, 0) is 31.9 Å². The van der Waals surface area contributed by atoms with E-state index in [1.54, 1.807) is 0 Å². The fraction of sp³-hybridized carbons (Fsp3) is 0.636. The second-order valence-corrected chi connectivity index (χ2v) is 11.6. The lowest BCUT2D eigenvalue weighted by Gasteiger charge is -2.34. The maximum atomic E-state index is 12.2. The van der Waals surface area contributed by atoms with Crippen LogP contribution in [0.2, 0.25) is 0 Å². The third-order valence-corrected chi connectivity index (χ3v) is 8.67. The summed E-state index contributed by atoms with van der Waals surface area (Å²) >= 11 is 0. The normalized spacial score (nSPS) is 21.5. The van der Waals surface area contributed by atoms with Crippen molar-refractivity contribution in [2.75, 3.05) is 26.4 Å². The molecule has 0 heterocycles. The number of esters is 2. The molecule has 2 aliphatic rings. The number of ether oxygens (including phenoxy) is 2. The highest BCUT2D eigenvalue weighted by Crippen LogP contribution is 2.40. The summed E-state index contributed by atoms with van der Waals surface area (Å²) in [5.74, 6) is 0.398. The van der Waals surface area contributed by atoms with Gasteiger partial charge in [-0.05, 0) is 85.0 Å². The zero-order valence-electron chi connectivity index (χ0n) is 23.8. The summed E-state index contributed by atoms with van der Waals surface area (Å²) in [5, 5.41) is 18.3. The van der Waals surface area contributed by atoms with Crippen LogP contribution in [0.3, 0.4) is 0 Å². The number of unbranched alkanes of at least 4 members (excludes halogenated alkanes) is 2. The van der Waals surface area contributed by atoms with Crippen LogP contribution in [0.1, 0.15) is 93.7 Å². The summed E-state index contributed by atoms with van der Waals surface area (Å²) in [4.78, 5) is 24.3. The Morgan fingerprint density at radius 2 is 1.72 bits per heavy atom. The van der Waals surface area contributed by atoms with Gasteiger partial charge < -0.3 is 19.7 Å². The monoisotopic (exact) mass is 540 g/mol. The van der Waals surface area contributed by atoms with Crippen LogP contribution < -0.4 is 0 Å². The number of fused-ring (bicyclic) bond motifs is 1. The highest BCUT2D eigenvalue weighted by Gasteiger charge is 2.31. The van der Waals surface area contributed by atoms with E-state index in [4.69, 9.17) is 14.6 Å². The molecule has 2 unspecified atom stereocenters. The lowest BCUT2D eigenvalue weighted by atomic mass is 9.73. The van der Waals surface area contributed by atoms with Crippen molar-refractivity contribution in [3.8, 4) is 0 Å². The molecule has 1 aromatic rings. The lowest BCUT2D eigenvalue weighted by molar-refractivity contribution is -0.148. The van der Waals surface area contributed by atoms with E-state index in [1.807, 2.05) is 0 Å². The van der Waals surface area contributed by atoms with E-state index < -0.39 is 18.5 Å². The molecule has 0 amide bonds. The van der Waals surface area contributed by atoms with Crippen molar-refractivity contribution < 1.29 is 29.3 Å². The van der Waals surface area contributed by atoms with E-state index in [-0.39, 0.29) is 43.7 Å². The molecule has 6 nitrogen and oxygen atoms in total. The van der Waals surface area contributed by atoms with E-state index >= 15 is 0 Å². The molecule has 1 aromatic carbocycles. The Morgan fingerprint density at radius 3 is 2.41 bits per heavy atom. The maximum absolute atomic E-state index is 12.2. The van der Waals surface area contributed by atoms with Crippen LogP contribution in [0.4, 0.5) is 0 Å². The number of benzene rings is 1. The summed E-state index contributed by atoms with van der Waals surface area (Å²) in [7, 11) is 0. The zero-order valence-corrected chi connectivity index (χ0v) is 23.8. The summed E-state index contributed by atoms with van der Waals surface area (Å²) in [6.45, 7) is 8.99. The third kappa shape index (κ3) is 9.61. The van der Waals surface area contributed by atoms with Gasteiger partial charge in [0.1, 0.15) is 0 Å². The molecule has 0 saturated heterocycles. The third-order valence-electron chi connectivity index (χ3n) is 8.67. The van der Waals surface area contributed by atoms with Gasteiger partial charge in [0, 0.05) is 5.92 Å². The molecule has 2 atom stereocenters. The predicted molar refractivity (Wildman–Crippen MR) is 153 cm³/mol. The van der Waals surface area contributed by atoms with Gasteiger partial charge in [-0.1, -0.05) is 64.0 Å². The quantitative estimate of drug-likeness (QED) is 0.126. The number of aryl methyl sites for hydroxylation is 1. The summed E-state index contributed by atoms with van der Waals surface area (Å²) in [5.41, 5.74) is 4.92. The zero-order chi connectivity index (χ0) is 28.2. The van der Waals surface area contributed by atoms with E-state index in [9.17, 15) is 14.7 Å². The number of carbonyl (C=O) groups is 2. The van der Waals surface area contributed by atoms with Crippen LogP contribution in [-0.4, -0.2) is 48.6 Å². The van der Waals surface area contributed by atoms with Crippen molar-refractivity contribution in [1.82, 2.24) is 0 Å². The molecule has 39 heavy (non-hydrogen) atoms. The van der Waals surface area contributed by atoms with Crippen LogP contribution in [0, 0.1) is 17.8 Å². The highest BCUT2D eigenvalue weighted by atomic mass is 16.5. The molecule has 6 heteroatoms. The van der Waals surface area contributed by atoms with E-state index in [2.05, 4.69) is 38.3 Å². The predicted octanol–water partition coefficient (Wildman–Crippen LogP) is 5.84. The highest BCUT2D eigenvalue weighted by molar-refractivity contribution is 5.87. The van der Waals surface area contributed by atoms with E-state index in [1.165, 1.54) is 61.6 Å². The molecule has 0 spiro atoms. The van der Waals surface area contributed by atoms with Gasteiger partial charge >= 0.3 is 11.9 Å². The first-order valence-corrected chi connectivity index (χ1v) is 14.8. The van der Waals surface area contributed by atoms with Crippen LogP contribution in [0.5, 0.6) is 0 Å². The van der Waals surface area contributed by atoms with E-state index in [0.29, 0.717) is 11.5 Å². The summed E-state index contributed by atoms with van der Waals surface area (Å²) in [6, 6.07) is 7.17. The molecule has 0 radical (unpaired) electrons. The first kappa shape index (κ1) is 31.1. The fourth-order valence-electron chi connectivity index (χ4n) is 6.14. The number of hydrogen-bond acceptors (Lipinski definition) is 6. The Labute approximate surface area is 234 Å². The Morgan fingerprint density at radius 1 is 0.974 bits per heavy atom. The van der Waals surface area contributed by atoms with Gasteiger partial charge in [-0.2, -0.15) is 0 Å². The average molecular weight is 541 g/mol. The van der Waals surface area contributed by atoms with Crippen molar-refractivity contribution in [1.29, 1.82) is 0 Å². The molecular formula is C33H48O6. The average Bonchev–Trinajstić information content (AvgIpc) is 2.96. The Bertz CT molecular complexity index is 974. The molecule has 3 rings (SSSR count). The van der Waals surface area contributed by atoms with Crippen molar-refractivity contribution in [2.45, 2.75) is 89.9 Å². The molecule has 1 saturated carbocycles. The van der Waals surface area contributed by atoms with Crippen molar-refractivity contribution in [2.24, 2.45) is 17.8 Å². The number of aliphatic hydroxyl groups excluding tert-OH is 2. The van der Waals surface area contributed by atoms with E-state index in [0.717, 1.165) is 31.6 Å². The fourth-order valence-corrected chi connectivity index (χ4v) is 6.14. The minimum Gasteiger partial charge on any atom is -0.465 e. The second-order valence-electron chi connectivity index (χ2n) is 11.6. The minimum atomic E-state index is -0.627. The van der Waals surface area contributed by atoms with Gasteiger partial charge in [0.05, 0.1) is 38.4 Å². The molecule has 1 fully saturated rings. The topological polar surface area (TPSA) is 93.1 Å². The number of hydrogen-bond donors (Lipinski definition) is 2. The Kier molecular flexibility index (Phi) is 12.7. The van der Waals surface area contributed by atoms with Gasteiger partial charge in [-0.15, -0.1) is 0 Å². The Balaban J connectivity index is 1.56. The molecule has 0 bridgehead atoms. The first-order chi connectivity index (χ1) is 18.8. The standard InChI is InChI=1S/C33H48O6/c1-4-5-6-7-25-8-9-30-18-29(15-14-28(30)17-25)26-10-12-27(13-11-26)31(22-39-33(37)24(3)20-35)21-38-32(36)16-23(2)19-34/h14-15,18,25-27,31,34-35H,2-13,16-17,19-22H2,1H3. The van der Waals surface area contributed by atoms with Gasteiger partial charge in [0.2, 0.25) is 0 Å². The smallest absolute Gasteiger partial charge is 0.335 e. The van der Waals surface area contributed by atoms with Gasteiger partial charge in [-0.3, -0.25) is 4.79 Å². The van der Waals surface area contributed by atoms with Gasteiger partial charge in [0.15, 0.2) is 0 Å². The lowest BCUT2D eigenvalue weighted by Crippen LogP contribution is -2.30. The van der Waals surface area contributed by atoms with Crippen LogP contribution in [0.25, 0.3) is 0 Å². The number of rotatable bonds is 15. The van der Waals surface area contributed by atoms with Crippen molar-refractivity contribution >= 4 is 11.9 Å². The van der Waals surface area contributed by atoms with Crippen LogP contribution >= 0.6 is 0 Å². The first-order valence-electron chi connectivity index (χ1n) is 14.8. The maximum Gasteiger partial charge on any atom is 0.335 e. The number of carbonyl (C=O) groups excluding carboxylic acids is 2. The van der Waals surface area contributed by atoms with Gasteiger partial charge in [0.25, 0.3) is 0 Å². The second kappa shape index (κ2) is 16.0. The van der Waals surface area contributed by atoms with Crippen molar-refractivity contribution in [3.63, 3.8) is 0 Å². The SMILES string of the molecule is C=C(CO)CC(=O)OCC(COC(=O)C(=C)CO)C1CCC(c2ccc3c(c2)CCC(CCCCC)C3)CC1. The van der Waals surface area contributed by atoms with Crippen LogP contribution in [0.15, 0.2) is 42.5 Å². The summed E-state index contributed by atoms with van der Waals surface area (Å²) in [6.07, 6.45) is 13.0. The Hall–Kier alpha value is -2.44. The molecule has 2 N–H and O–H groups in total. The molecule has 2 aliphatic carbocycles. The molecule has 0 aliphatic heterocycles. The molecule has 0 aromatic heterocycles. The minimum absolute atomic E-state index is 0.00777. The summed E-state index contributed by atoms with van der Waals surface area (Å²) < 4.78 is 10.9. The number of aliphatic hydroxyl groups is 2. The van der Waals surface area contributed by atoms with Crippen molar-refractivity contribution in [3.05, 3.63) is 59.2 Å². The molecule has 216 valence electrons. The largest absolute Gasteiger partial charge is 0.465 e.